The summed E-state index contributed by atoms with van der Waals surface area (Å²) in [5.41, 5.74) is 2.49. The Bertz CT molecular complexity index is 466. The van der Waals surface area contributed by atoms with Crippen LogP contribution in [0.15, 0.2) is 48.5 Å². The van der Waals surface area contributed by atoms with Crippen LogP contribution in [0.2, 0.25) is 0 Å². The fourth-order valence-electron chi connectivity index (χ4n) is 1.85. The predicted octanol–water partition coefficient (Wildman–Crippen LogP) is 2.45. The van der Waals surface area contributed by atoms with Gasteiger partial charge in [0.05, 0.1) is 0 Å². The minimum atomic E-state index is 0.720. The Labute approximate surface area is 117 Å². The number of hydrogen-bond donors (Lipinski definition) is 0. The second kappa shape index (κ2) is 6.08. The summed E-state index contributed by atoms with van der Waals surface area (Å²) in [6, 6.07) is 17.6. The Hall–Kier alpha value is -1.53. The van der Waals surface area contributed by atoms with Crippen molar-refractivity contribution in [1.29, 1.82) is 0 Å². The molecule has 0 aliphatic carbocycles. The lowest BCUT2D eigenvalue weighted by Crippen LogP contribution is -2.11. The van der Waals surface area contributed by atoms with E-state index in [-0.39, 0.29) is 0 Å². The molecule has 0 spiro atoms. The summed E-state index contributed by atoms with van der Waals surface area (Å²) in [4.78, 5) is 4.25. The minimum Gasteiger partial charge on any atom is -0.378 e. The number of hydrogen-bond acceptors (Lipinski definition) is 2. The third kappa shape index (κ3) is 3.71. The summed E-state index contributed by atoms with van der Waals surface area (Å²) in [5.74, 6) is 0. The monoisotopic (exact) mass is 272 g/mol. The van der Waals surface area contributed by atoms with Gasteiger partial charge >= 0.3 is 0 Å². The maximum Gasteiger partial charge on any atom is 0.0361 e. The highest BCUT2D eigenvalue weighted by Crippen LogP contribution is 2.16. The lowest BCUT2D eigenvalue weighted by Gasteiger charge is -2.14. The molecule has 3 heteroatoms. The molecular formula is C16H21N2P. The second-order valence-electron chi connectivity index (χ2n) is 5.01. The maximum atomic E-state index is 2.22. The highest BCUT2D eigenvalue weighted by molar-refractivity contribution is 7.55. The average molecular weight is 272 g/mol. The van der Waals surface area contributed by atoms with E-state index in [9.17, 15) is 0 Å². The van der Waals surface area contributed by atoms with Crippen molar-refractivity contribution in [3.05, 3.63) is 48.5 Å². The Morgan fingerprint density at radius 1 is 0.579 bits per heavy atom. The molecule has 0 bridgehead atoms. The molecule has 0 aromatic heterocycles. The summed E-state index contributed by atoms with van der Waals surface area (Å²) in [5, 5.41) is 2.76. The van der Waals surface area contributed by atoms with Crippen molar-refractivity contribution >= 4 is 30.6 Å². The Balaban J connectivity index is 2.08. The van der Waals surface area contributed by atoms with Gasteiger partial charge in [0.1, 0.15) is 0 Å². The van der Waals surface area contributed by atoms with Crippen LogP contribution >= 0.6 is 8.58 Å². The molecule has 2 aromatic carbocycles. The van der Waals surface area contributed by atoms with Crippen LogP contribution in [-0.2, 0) is 0 Å². The zero-order chi connectivity index (χ0) is 13.8. The molecule has 0 saturated heterocycles. The van der Waals surface area contributed by atoms with E-state index in [0.717, 1.165) is 8.58 Å². The molecule has 19 heavy (non-hydrogen) atoms. The van der Waals surface area contributed by atoms with Crippen LogP contribution in [0.4, 0.5) is 11.4 Å². The lowest BCUT2D eigenvalue weighted by molar-refractivity contribution is 1.13. The topological polar surface area (TPSA) is 6.48 Å². The molecule has 2 rings (SSSR count). The molecule has 0 amide bonds. The first-order valence-corrected chi connectivity index (χ1v) is 7.38. The molecule has 0 heterocycles. The first-order chi connectivity index (χ1) is 9.06. The van der Waals surface area contributed by atoms with Gasteiger partial charge in [-0.3, -0.25) is 0 Å². The molecule has 0 saturated carbocycles. The SMILES string of the molecule is CN(C)c1ccc(Pc2ccc(N(C)C)cc2)cc1. The van der Waals surface area contributed by atoms with Gasteiger partial charge in [-0.1, -0.05) is 32.8 Å². The summed E-state index contributed by atoms with van der Waals surface area (Å²) in [6.45, 7) is 0. The third-order valence-electron chi connectivity index (χ3n) is 3.06. The fourth-order valence-corrected chi connectivity index (χ4v) is 2.85. The largest absolute Gasteiger partial charge is 0.378 e. The summed E-state index contributed by atoms with van der Waals surface area (Å²) in [6.07, 6.45) is 0. The molecule has 2 nitrogen and oxygen atoms in total. The number of anilines is 2. The fraction of sp³-hybridized carbons (Fsp3) is 0.250. The highest BCUT2D eigenvalue weighted by Gasteiger charge is 2.00. The zero-order valence-electron chi connectivity index (χ0n) is 12.0. The van der Waals surface area contributed by atoms with Crippen molar-refractivity contribution in [2.75, 3.05) is 38.0 Å². The van der Waals surface area contributed by atoms with Gasteiger partial charge in [0, 0.05) is 39.6 Å². The predicted molar refractivity (Wildman–Crippen MR) is 89.1 cm³/mol. The standard InChI is InChI=1S/C16H21N2P/c1-17(2)13-5-9-15(10-6-13)19-16-11-7-14(8-12-16)18(3)4/h5-12,19H,1-4H3. The molecule has 0 aliphatic heterocycles. The van der Waals surface area contributed by atoms with E-state index in [2.05, 4.69) is 86.5 Å². The van der Waals surface area contributed by atoms with E-state index in [4.69, 9.17) is 0 Å². The first-order valence-electron chi connectivity index (χ1n) is 6.38. The summed E-state index contributed by atoms with van der Waals surface area (Å²) < 4.78 is 0. The van der Waals surface area contributed by atoms with Crippen molar-refractivity contribution in [1.82, 2.24) is 0 Å². The second-order valence-corrected chi connectivity index (χ2v) is 6.41. The maximum absolute atomic E-state index is 2.22. The van der Waals surface area contributed by atoms with Crippen LogP contribution in [0.1, 0.15) is 0 Å². The zero-order valence-corrected chi connectivity index (χ0v) is 13.0. The van der Waals surface area contributed by atoms with Gasteiger partial charge in [-0.2, -0.15) is 0 Å². The highest BCUT2D eigenvalue weighted by atomic mass is 31.1. The minimum absolute atomic E-state index is 0.720. The van der Waals surface area contributed by atoms with E-state index in [1.165, 1.54) is 22.0 Å². The van der Waals surface area contributed by atoms with Crippen LogP contribution in [-0.4, -0.2) is 28.2 Å². The van der Waals surface area contributed by atoms with Gasteiger partial charge in [0.25, 0.3) is 0 Å². The Morgan fingerprint density at radius 3 is 1.16 bits per heavy atom. The average Bonchev–Trinajstić information content (AvgIpc) is 2.40. The smallest absolute Gasteiger partial charge is 0.0361 e. The molecular weight excluding hydrogens is 251 g/mol. The van der Waals surface area contributed by atoms with Gasteiger partial charge in [-0.15, -0.1) is 0 Å². The van der Waals surface area contributed by atoms with Gasteiger partial charge < -0.3 is 9.80 Å². The van der Waals surface area contributed by atoms with Gasteiger partial charge in [-0.25, -0.2) is 0 Å². The Kier molecular flexibility index (Phi) is 4.44. The quantitative estimate of drug-likeness (QED) is 0.789. The van der Waals surface area contributed by atoms with Crippen LogP contribution in [0, 0.1) is 0 Å². The molecule has 0 radical (unpaired) electrons. The van der Waals surface area contributed by atoms with E-state index in [1.54, 1.807) is 0 Å². The summed E-state index contributed by atoms with van der Waals surface area (Å²) >= 11 is 0. The van der Waals surface area contributed by atoms with Crippen molar-refractivity contribution < 1.29 is 0 Å². The van der Waals surface area contributed by atoms with Crippen LogP contribution in [0.25, 0.3) is 0 Å². The van der Waals surface area contributed by atoms with Crippen LogP contribution in [0.5, 0.6) is 0 Å². The molecule has 0 fully saturated rings. The Morgan fingerprint density at radius 2 is 0.895 bits per heavy atom. The van der Waals surface area contributed by atoms with Crippen molar-refractivity contribution in [2.24, 2.45) is 0 Å². The first kappa shape index (κ1) is 13.9. The van der Waals surface area contributed by atoms with Crippen molar-refractivity contribution in [2.45, 2.75) is 0 Å². The number of benzene rings is 2. The number of rotatable bonds is 4. The molecule has 0 atom stereocenters. The molecule has 2 aromatic rings. The third-order valence-corrected chi connectivity index (χ3v) is 4.30. The lowest BCUT2D eigenvalue weighted by atomic mass is 10.3. The van der Waals surface area contributed by atoms with Crippen LogP contribution in [0.3, 0.4) is 0 Å². The normalized spacial score (nSPS) is 10.3. The van der Waals surface area contributed by atoms with Crippen LogP contribution < -0.4 is 20.4 Å². The van der Waals surface area contributed by atoms with Gasteiger partial charge in [0.15, 0.2) is 0 Å². The molecule has 100 valence electrons. The molecule has 0 aliphatic rings. The summed E-state index contributed by atoms with van der Waals surface area (Å²) in [7, 11) is 8.99. The van der Waals surface area contributed by atoms with Gasteiger partial charge in [0.2, 0.25) is 0 Å². The van der Waals surface area contributed by atoms with Crippen molar-refractivity contribution in [3.63, 3.8) is 0 Å². The molecule has 0 N–H and O–H groups in total. The molecule has 0 unspecified atom stereocenters. The van der Waals surface area contributed by atoms with Crippen molar-refractivity contribution in [3.8, 4) is 0 Å². The number of nitrogens with zero attached hydrogens (tertiary/aromatic N) is 2. The van der Waals surface area contributed by atoms with E-state index in [1.807, 2.05) is 0 Å². The van der Waals surface area contributed by atoms with E-state index < -0.39 is 0 Å². The van der Waals surface area contributed by atoms with E-state index >= 15 is 0 Å². The van der Waals surface area contributed by atoms with Gasteiger partial charge in [-0.05, 0) is 34.9 Å². The van der Waals surface area contributed by atoms with E-state index in [0.29, 0.717) is 0 Å².